The van der Waals surface area contributed by atoms with E-state index in [1.54, 1.807) is 20.8 Å². The third-order valence-corrected chi connectivity index (χ3v) is 3.79. The maximum atomic E-state index is 12.3. The molecule has 0 radical (unpaired) electrons. The van der Waals surface area contributed by atoms with Gasteiger partial charge >= 0.3 is 11.9 Å². The number of nitrogens with one attached hydrogen (secondary N) is 1. The molecule has 0 aromatic carbocycles. The maximum Gasteiger partial charge on any atom is 0.355 e. The number of aryl methyl sites for hydroxylation is 1. The second-order valence-corrected chi connectivity index (χ2v) is 5.62. The summed E-state index contributed by atoms with van der Waals surface area (Å²) in [4.78, 5) is 40.5. The minimum absolute atomic E-state index is 0.0731. The number of nitriles is 2. The fraction of sp³-hybridized carbons (Fsp3) is 0.500. The third kappa shape index (κ3) is 5.86. The van der Waals surface area contributed by atoms with Gasteiger partial charge in [0, 0.05) is 18.8 Å². The molecule has 0 saturated heterocycles. The lowest BCUT2D eigenvalue weighted by Crippen LogP contribution is -2.36. The number of amides is 1. The summed E-state index contributed by atoms with van der Waals surface area (Å²) in [7, 11) is 0. The van der Waals surface area contributed by atoms with Crippen LogP contribution in [0, 0.1) is 36.5 Å². The van der Waals surface area contributed by atoms with Crippen LogP contribution in [-0.4, -0.2) is 54.0 Å². The highest BCUT2D eigenvalue weighted by molar-refractivity contribution is 5.99. The Balaban J connectivity index is 2.80. The zero-order chi connectivity index (χ0) is 20.4. The topological polar surface area (TPSA) is 136 Å². The lowest BCUT2D eigenvalue weighted by molar-refractivity contribution is -0.134. The summed E-state index contributed by atoms with van der Waals surface area (Å²) in [5, 5.41) is 17.3. The highest BCUT2D eigenvalue weighted by atomic mass is 16.5. The molecule has 1 aromatic heterocycles. The Morgan fingerprint density at radius 1 is 1.04 bits per heavy atom. The smallest absolute Gasteiger partial charge is 0.355 e. The Morgan fingerprint density at radius 3 is 2.15 bits per heavy atom. The van der Waals surface area contributed by atoms with Crippen molar-refractivity contribution in [2.24, 2.45) is 0 Å². The van der Waals surface area contributed by atoms with E-state index in [0.29, 0.717) is 11.3 Å². The van der Waals surface area contributed by atoms with E-state index >= 15 is 0 Å². The van der Waals surface area contributed by atoms with Crippen LogP contribution in [0.2, 0.25) is 0 Å². The molecule has 0 aliphatic heterocycles. The molecule has 1 amide bonds. The highest BCUT2D eigenvalue weighted by Crippen LogP contribution is 2.19. The fourth-order valence-electron chi connectivity index (χ4n) is 2.49. The van der Waals surface area contributed by atoms with Crippen molar-refractivity contribution in [2.45, 2.75) is 33.6 Å². The van der Waals surface area contributed by atoms with Crippen molar-refractivity contribution in [1.29, 1.82) is 10.5 Å². The van der Waals surface area contributed by atoms with Crippen molar-refractivity contribution < 1.29 is 23.9 Å². The Labute approximate surface area is 157 Å². The van der Waals surface area contributed by atoms with Crippen LogP contribution in [0.1, 0.15) is 51.9 Å². The molecule has 1 N–H and O–H groups in total. The monoisotopic (exact) mass is 374 g/mol. The number of aromatic nitrogens is 1. The summed E-state index contributed by atoms with van der Waals surface area (Å²) in [5.41, 5.74) is 1.19. The summed E-state index contributed by atoms with van der Waals surface area (Å²) in [6, 6.07) is 3.85. The molecule has 1 heterocycles. The fourth-order valence-corrected chi connectivity index (χ4v) is 2.49. The van der Waals surface area contributed by atoms with Crippen LogP contribution in [0.15, 0.2) is 0 Å². The van der Waals surface area contributed by atoms with E-state index in [9.17, 15) is 14.4 Å². The zero-order valence-corrected chi connectivity index (χ0v) is 15.6. The molecule has 9 nitrogen and oxygen atoms in total. The van der Waals surface area contributed by atoms with Crippen LogP contribution >= 0.6 is 0 Å². The Morgan fingerprint density at radius 2 is 1.63 bits per heavy atom. The third-order valence-electron chi connectivity index (χ3n) is 3.79. The summed E-state index contributed by atoms with van der Waals surface area (Å²) in [5.74, 6) is -1.82. The number of hydrogen-bond acceptors (Lipinski definition) is 7. The average Bonchev–Trinajstić information content (AvgIpc) is 2.94. The first-order valence-corrected chi connectivity index (χ1v) is 8.42. The van der Waals surface area contributed by atoms with Crippen LogP contribution in [0.25, 0.3) is 0 Å². The summed E-state index contributed by atoms with van der Waals surface area (Å²) in [6.45, 7) is 4.89. The molecule has 1 aromatic rings. The second kappa shape index (κ2) is 10.6. The van der Waals surface area contributed by atoms with E-state index in [1.165, 1.54) is 4.90 Å². The highest BCUT2D eigenvalue weighted by Gasteiger charge is 2.24. The lowest BCUT2D eigenvalue weighted by Gasteiger charge is -2.20. The molecular weight excluding hydrogens is 352 g/mol. The van der Waals surface area contributed by atoms with Gasteiger partial charge in [-0.05, 0) is 26.3 Å². The van der Waals surface area contributed by atoms with Crippen LogP contribution in [0.4, 0.5) is 0 Å². The minimum Gasteiger partial charge on any atom is -0.462 e. The van der Waals surface area contributed by atoms with Gasteiger partial charge in [0.2, 0.25) is 0 Å². The average molecular weight is 374 g/mol. The van der Waals surface area contributed by atoms with E-state index < -0.39 is 24.5 Å². The van der Waals surface area contributed by atoms with Gasteiger partial charge < -0.3 is 19.4 Å². The van der Waals surface area contributed by atoms with E-state index in [2.05, 4.69) is 4.98 Å². The van der Waals surface area contributed by atoms with Gasteiger partial charge in [0.15, 0.2) is 6.61 Å². The normalized spacial score (nSPS) is 9.81. The van der Waals surface area contributed by atoms with Gasteiger partial charge in [-0.3, -0.25) is 4.79 Å². The van der Waals surface area contributed by atoms with E-state index in [1.807, 2.05) is 12.1 Å². The molecule has 0 unspecified atom stereocenters. The molecule has 1 rings (SSSR count). The summed E-state index contributed by atoms with van der Waals surface area (Å²) in [6.07, 6.45) is 0.228. The molecule has 0 saturated carbocycles. The number of carbonyl (C=O) groups is 3. The van der Waals surface area contributed by atoms with Gasteiger partial charge in [-0.1, -0.05) is 0 Å². The first kappa shape index (κ1) is 21.7. The van der Waals surface area contributed by atoms with Crippen molar-refractivity contribution in [3.05, 3.63) is 22.5 Å². The number of rotatable bonds is 9. The molecule has 144 valence electrons. The van der Waals surface area contributed by atoms with Crippen LogP contribution < -0.4 is 0 Å². The molecule has 0 fully saturated rings. The molecular formula is C18H22N4O5. The first-order chi connectivity index (χ1) is 12.9. The van der Waals surface area contributed by atoms with E-state index in [-0.39, 0.29) is 43.8 Å². The van der Waals surface area contributed by atoms with Crippen molar-refractivity contribution in [1.82, 2.24) is 9.88 Å². The van der Waals surface area contributed by atoms with Crippen LogP contribution in [0.3, 0.4) is 0 Å². The van der Waals surface area contributed by atoms with Gasteiger partial charge in [0.05, 0.1) is 37.2 Å². The number of ether oxygens (including phenoxy) is 2. The van der Waals surface area contributed by atoms with E-state index in [4.69, 9.17) is 20.0 Å². The van der Waals surface area contributed by atoms with Crippen molar-refractivity contribution in [2.75, 3.05) is 26.3 Å². The SMILES string of the molecule is CCOC(=O)c1c(C)[nH]c(C(=O)OCC(=O)N(CCC#N)CCC#N)c1C. The van der Waals surface area contributed by atoms with Gasteiger partial charge in [0.25, 0.3) is 5.91 Å². The number of H-pyrrole nitrogens is 1. The Kier molecular flexibility index (Phi) is 8.54. The molecule has 9 heteroatoms. The van der Waals surface area contributed by atoms with Crippen LogP contribution in [0.5, 0.6) is 0 Å². The standard InChI is InChI=1S/C18H22N4O5/c1-4-26-17(24)15-12(2)16(21-13(15)3)18(25)27-11-14(23)22(9-5-7-19)10-6-8-20/h21H,4-6,9-11H2,1-3H3. The Hall–Kier alpha value is -3.33. The van der Waals surface area contributed by atoms with Gasteiger partial charge in [0.1, 0.15) is 5.69 Å². The predicted octanol–water partition coefficient (Wildman–Crippen LogP) is 1.62. The summed E-state index contributed by atoms with van der Waals surface area (Å²) < 4.78 is 10.0. The van der Waals surface area contributed by atoms with E-state index in [0.717, 1.165) is 0 Å². The molecule has 0 aliphatic carbocycles. The summed E-state index contributed by atoms with van der Waals surface area (Å²) >= 11 is 0. The Bertz CT molecular complexity index is 767. The van der Waals surface area contributed by atoms with Gasteiger partial charge in [-0.15, -0.1) is 0 Å². The largest absolute Gasteiger partial charge is 0.462 e. The van der Waals surface area contributed by atoms with Crippen molar-refractivity contribution in [3.63, 3.8) is 0 Å². The molecule has 0 atom stereocenters. The van der Waals surface area contributed by atoms with Gasteiger partial charge in [-0.2, -0.15) is 10.5 Å². The second-order valence-electron chi connectivity index (χ2n) is 5.62. The first-order valence-electron chi connectivity index (χ1n) is 8.42. The maximum absolute atomic E-state index is 12.3. The number of esters is 2. The lowest BCUT2D eigenvalue weighted by atomic mass is 10.1. The predicted molar refractivity (Wildman–Crippen MR) is 93.5 cm³/mol. The number of aromatic amines is 1. The molecule has 0 aliphatic rings. The minimum atomic E-state index is -0.778. The number of hydrogen-bond donors (Lipinski definition) is 1. The van der Waals surface area contributed by atoms with Gasteiger partial charge in [-0.25, -0.2) is 9.59 Å². The number of nitrogens with zero attached hydrogens (tertiary/aromatic N) is 3. The van der Waals surface area contributed by atoms with Crippen molar-refractivity contribution in [3.8, 4) is 12.1 Å². The molecule has 27 heavy (non-hydrogen) atoms. The number of carbonyl (C=O) groups excluding carboxylic acids is 3. The molecule has 0 spiro atoms. The van der Waals surface area contributed by atoms with Crippen molar-refractivity contribution >= 4 is 17.8 Å². The molecule has 0 bridgehead atoms. The quantitative estimate of drug-likeness (QED) is 0.648. The zero-order valence-electron chi connectivity index (χ0n) is 15.6. The van der Waals surface area contributed by atoms with Crippen LogP contribution in [-0.2, 0) is 14.3 Å².